The Balaban J connectivity index is -0.000000147. The highest BCUT2D eigenvalue weighted by atomic mass is 16.7. The first-order chi connectivity index (χ1) is 30.3. The third-order valence-electron chi connectivity index (χ3n) is 11.2. The summed E-state index contributed by atoms with van der Waals surface area (Å²) < 4.78 is 32.0. The van der Waals surface area contributed by atoms with E-state index in [0.29, 0.717) is 30.0 Å². The lowest BCUT2D eigenvalue weighted by atomic mass is 9.82. The maximum Gasteiger partial charge on any atom is 0.160 e. The van der Waals surface area contributed by atoms with Gasteiger partial charge in [-0.1, -0.05) is 224 Å². The van der Waals surface area contributed by atoms with Gasteiger partial charge in [-0.25, -0.2) is 0 Å². The fraction of sp³-hybridized carbons (Fsp3) is 1.00. The summed E-state index contributed by atoms with van der Waals surface area (Å²) in [4.78, 5) is 0. The molecule has 0 N–H and O–H groups in total. The highest BCUT2D eigenvalue weighted by molar-refractivity contribution is 4.70. The van der Waals surface area contributed by atoms with E-state index >= 15 is 0 Å². The normalized spacial score (nSPS) is 20.9. The van der Waals surface area contributed by atoms with E-state index in [9.17, 15) is 0 Å². The lowest BCUT2D eigenvalue weighted by Gasteiger charge is -2.25. The minimum atomic E-state index is 0.0544. The quantitative estimate of drug-likeness (QED) is 0.265. The van der Waals surface area contributed by atoms with Gasteiger partial charge in [0.05, 0.1) is 38.6 Å². The number of hydrogen-bond donors (Lipinski definition) is 0. The molecule has 0 radical (unpaired) electrons. The molecular weight excluding hydrogens is 781 g/mol. The van der Waals surface area contributed by atoms with Crippen molar-refractivity contribution in [3.8, 4) is 0 Å². The summed E-state index contributed by atoms with van der Waals surface area (Å²) in [6, 6.07) is 0. The van der Waals surface area contributed by atoms with Crippen LogP contribution in [-0.4, -0.2) is 64.4 Å². The van der Waals surface area contributed by atoms with Gasteiger partial charge < -0.3 is 28.4 Å². The van der Waals surface area contributed by atoms with Gasteiger partial charge in [0, 0.05) is 25.0 Å². The largest absolute Gasteiger partial charge is 0.378 e. The average Bonchev–Trinajstić information content (AvgIpc) is 4.19. The summed E-state index contributed by atoms with van der Waals surface area (Å²) >= 11 is 0. The van der Waals surface area contributed by atoms with Crippen LogP contribution in [0.2, 0.25) is 0 Å². The molecule has 6 nitrogen and oxygen atoms in total. The molecule has 6 heteroatoms. The molecule has 6 rings (SSSR count). The summed E-state index contributed by atoms with van der Waals surface area (Å²) in [5, 5.41) is 0. The Morgan fingerprint density at radius 3 is 0.714 bits per heavy atom. The van der Waals surface area contributed by atoms with Crippen LogP contribution in [0.15, 0.2) is 0 Å². The van der Waals surface area contributed by atoms with Gasteiger partial charge in [0.2, 0.25) is 0 Å². The highest BCUT2D eigenvalue weighted by Gasteiger charge is 2.21. The van der Waals surface area contributed by atoms with Crippen LogP contribution >= 0.6 is 0 Å². The fourth-order valence-corrected chi connectivity index (χ4v) is 7.50. The molecule has 0 spiro atoms. The van der Waals surface area contributed by atoms with Gasteiger partial charge in [-0.15, -0.1) is 0 Å². The van der Waals surface area contributed by atoms with Crippen LogP contribution in [0, 0.1) is 47.3 Å². The van der Waals surface area contributed by atoms with E-state index in [-0.39, 0.29) is 12.6 Å². The molecule has 4 saturated heterocycles. The Hall–Kier alpha value is -0.240. The molecule has 2 atom stereocenters. The number of ether oxygens (including phenoxy) is 6. The monoisotopic (exact) mass is 907 g/mol. The van der Waals surface area contributed by atoms with Crippen molar-refractivity contribution in [1.82, 2.24) is 0 Å². The first kappa shape index (κ1) is 74.3. The second-order valence-corrected chi connectivity index (χ2v) is 17.9. The maximum absolute atomic E-state index is 5.54. The van der Waals surface area contributed by atoms with E-state index in [1.807, 2.05) is 83.1 Å². The van der Waals surface area contributed by atoms with Crippen molar-refractivity contribution in [2.45, 2.75) is 287 Å². The number of rotatable bonds is 6. The molecule has 63 heavy (non-hydrogen) atoms. The summed E-state index contributed by atoms with van der Waals surface area (Å²) in [7, 11) is 0. The van der Waals surface area contributed by atoms with Crippen molar-refractivity contribution in [2.24, 2.45) is 47.3 Å². The van der Waals surface area contributed by atoms with Crippen molar-refractivity contribution in [3.05, 3.63) is 0 Å². The van der Waals surface area contributed by atoms with E-state index in [1.54, 1.807) is 0 Å². The Kier molecular flexibility index (Phi) is 68.3. The summed E-state index contributed by atoms with van der Waals surface area (Å²) in [6.07, 6.45) is 22.2. The zero-order chi connectivity index (χ0) is 50.0. The van der Waals surface area contributed by atoms with Gasteiger partial charge in [-0.2, -0.15) is 0 Å². The molecule has 6 aliphatic rings. The molecule has 2 unspecified atom stereocenters. The van der Waals surface area contributed by atoms with Crippen LogP contribution in [0.1, 0.15) is 262 Å². The molecule has 0 aromatic carbocycles. The fourth-order valence-electron chi connectivity index (χ4n) is 7.50. The molecule has 4 heterocycles. The van der Waals surface area contributed by atoms with E-state index in [4.69, 9.17) is 28.4 Å². The molecule has 0 amide bonds. The lowest BCUT2D eigenvalue weighted by molar-refractivity contribution is -0.198. The average molecular weight is 908 g/mol. The Bertz CT molecular complexity index is 634. The van der Waals surface area contributed by atoms with Crippen LogP contribution in [-0.2, 0) is 28.4 Å². The maximum atomic E-state index is 5.54. The second kappa shape index (κ2) is 57.9. The first-order valence-corrected chi connectivity index (χ1v) is 28.0. The smallest absolute Gasteiger partial charge is 0.160 e. The second-order valence-electron chi connectivity index (χ2n) is 17.9. The van der Waals surface area contributed by atoms with Crippen molar-refractivity contribution < 1.29 is 28.4 Å². The van der Waals surface area contributed by atoms with E-state index < -0.39 is 0 Å². The van der Waals surface area contributed by atoms with Crippen LogP contribution in [0.25, 0.3) is 0 Å². The van der Waals surface area contributed by atoms with Crippen LogP contribution in [0.4, 0.5) is 0 Å². The summed E-state index contributed by atoms with van der Waals surface area (Å²) in [5.41, 5.74) is 0. The predicted molar refractivity (Wildman–Crippen MR) is 284 cm³/mol. The van der Waals surface area contributed by atoms with Crippen molar-refractivity contribution in [1.29, 1.82) is 0 Å². The zero-order valence-corrected chi connectivity index (χ0v) is 48.2. The SMILES string of the molecule is CC.CC.CC.CC.CC.CC.CC(C)C1CCCC1.CC(C)C1CCCCC1.CC(C)C1CCCCO1.CC(C)C1CCCO1.CC(C)C1OCCCO1.CC(C)C1OCCO1. The molecule has 2 saturated carbocycles. The number of hydrogen-bond acceptors (Lipinski definition) is 6. The molecule has 390 valence electrons. The first-order valence-electron chi connectivity index (χ1n) is 28.0. The highest BCUT2D eigenvalue weighted by Crippen LogP contribution is 2.31. The Labute approximate surface area is 401 Å². The predicted octanol–water partition coefficient (Wildman–Crippen LogP) is 18.7. The van der Waals surface area contributed by atoms with Gasteiger partial charge in [-0.05, 0) is 74.0 Å². The Morgan fingerprint density at radius 2 is 0.508 bits per heavy atom. The molecule has 2 aliphatic carbocycles. The van der Waals surface area contributed by atoms with E-state index in [1.165, 1.54) is 89.9 Å². The van der Waals surface area contributed by atoms with E-state index in [0.717, 1.165) is 75.7 Å². The van der Waals surface area contributed by atoms with Crippen LogP contribution in [0.3, 0.4) is 0 Å². The zero-order valence-electron chi connectivity index (χ0n) is 48.2. The third kappa shape index (κ3) is 46.7. The summed E-state index contributed by atoms with van der Waals surface area (Å²) in [5.74, 6) is 6.42. The molecule has 6 fully saturated rings. The van der Waals surface area contributed by atoms with Crippen LogP contribution in [0.5, 0.6) is 0 Å². The minimum Gasteiger partial charge on any atom is -0.378 e. The standard InChI is InChI=1S/C9H18.C8H16O.C8H16.C7H14O2.C7H14O.C6H12O2.6C2H6/c1-8(2)9-6-4-3-5-7-9;1-7(2)8-5-3-4-6-9-8;1-7(2)8-5-3-4-6-8;1-6(2)7-8-4-3-5-9-7;1-6(2)7-4-3-5-8-7;1-5(2)6-7-3-4-8-6;6*1-2/h8-9H,3-7H2,1-2H3;7-8H,3-6H2,1-2H3;7-8H,3-6H2,1-2H3;6-7H,3-5H2,1-2H3;6-7H,3-5H2,1-2H3;5-6H,3-4H2,1-2H3;6*1-2H3. The van der Waals surface area contributed by atoms with Gasteiger partial charge >= 0.3 is 0 Å². The molecule has 0 bridgehead atoms. The molecule has 0 aromatic heterocycles. The van der Waals surface area contributed by atoms with Crippen molar-refractivity contribution >= 4 is 0 Å². The van der Waals surface area contributed by atoms with E-state index in [2.05, 4.69) is 83.1 Å². The van der Waals surface area contributed by atoms with Gasteiger partial charge in [0.1, 0.15) is 0 Å². The summed E-state index contributed by atoms with van der Waals surface area (Å²) in [6.45, 7) is 55.9. The van der Waals surface area contributed by atoms with Crippen molar-refractivity contribution in [2.75, 3.05) is 39.6 Å². The Morgan fingerprint density at radius 1 is 0.238 bits per heavy atom. The molecular formula is C57H126O6. The molecule has 0 aromatic rings. The lowest BCUT2D eigenvalue weighted by Crippen LogP contribution is -2.29. The third-order valence-corrected chi connectivity index (χ3v) is 11.2. The minimum absolute atomic E-state index is 0.0544. The van der Waals surface area contributed by atoms with Gasteiger partial charge in [0.25, 0.3) is 0 Å². The molecule has 4 aliphatic heterocycles. The topological polar surface area (TPSA) is 55.4 Å². The van der Waals surface area contributed by atoms with Crippen LogP contribution < -0.4 is 0 Å². The van der Waals surface area contributed by atoms with Gasteiger partial charge in [0.15, 0.2) is 12.6 Å². The van der Waals surface area contributed by atoms with Crippen molar-refractivity contribution in [3.63, 3.8) is 0 Å². The van der Waals surface area contributed by atoms with Gasteiger partial charge in [-0.3, -0.25) is 0 Å².